The highest BCUT2D eigenvalue weighted by atomic mass is 32.2. The lowest BCUT2D eigenvalue weighted by molar-refractivity contribution is -0.176. The molecule has 4 unspecified atom stereocenters. The molecule has 0 bridgehead atoms. The number of hydrogen-bond donors (Lipinski definition) is 5. The molecule has 26 heavy (non-hydrogen) atoms. The maximum atomic E-state index is 12.3. The van der Waals surface area contributed by atoms with E-state index in [9.17, 15) is 25.2 Å². The summed E-state index contributed by atoms with van der Waals surface area (Å²) in [5.74, 6) is -0.702. The molecular formula is C16H21NO8S. The summed E-state index contributed by atoms with van der Waals surface area (Å²) in [6.07, 6.45) is -3.20. The van der Waals surface area contributed by atoms with E-state index in [0.29, 0.717) is 28.4 Å². The van der Waals surface area contributed by atoms with Gasteiger partial charge in [-0.15, -0.1) is 11.8 Å². The van der Waals surface area contributed by atoms with Gasteiger partial charge in [0.25, 0.3) is 0 Å². The normalized spacial score (nSPS) is 17.3. The zero-order valence-corrected chi connectivity index (χ0v) is 15.0. The third kappa shape index (κ3) is 3.65. The highest BCUT2D eigenvalue weighted by molar-refractivity contribution is 7.99. The number of benzene rings is 1. The van der Waals surface area contributed by atoms with Crippen molar-refractivity contribution in [1.29, 1.82) is 0 Å². The number of carbonyl (C=O) groups is 1. The molecule has 144 valence electrons. The van der Waals surface area contributed by atoms with Crippen molar-refractivity contribution in [2.24, 2.45) is 0 Å². The van der Waals surface area contributed by atoms with Gasteiger partial charge in [-0.2, -0.15) is 4.73 Å². The topological polar surface area (TPSA) is 142 Å². The summed E-state index contributed by atoms with van der Waals surface area (Å²) in [6.45, 7) is -0.867. The standard InChI is InChI=1S/C16H21NO8S/c1-24-12-5-3-4-10-9(12)6-7-17(10)25-15(22)14(21)16(23,26-2)13(20)11(19)8-18/h3-7,11,13-14,18-21,23H,8H2,1-2H3. The van der Waals surface area contributed by atoms with Gasteiger partial charge in [-0.3, -0.25) is 0 Å². The molecule has 0 saturated carbocycles. The number of carbonyl (C=O) groups excluding carboxylic acids is 1. The summed E-state index contributed by atoms with van der Waals surface area (Å²) in [5.41, 5.74) is 0.480. The van der Waals surface area contributed by atoms with Gasteiger partial charge in [0.05, 0.1) is 19.2 Å². The Morgan fingerprint density at radius 2 is 2.00 bits per heavy atom. The Hall–Kier alpha value is -1.82. The van der Waals surface area contributed by atoms with E-state index < -0.39 is 35.8 Å². The molecule has 1 heterocycles. The van der Waals surface area contributed by atoms with E-state index in [2.05, 4.69) is 0 Å². The Morgan fingerprint density at radius 1 is 1.31 bits per heavy atom. The number of aromatic nitrogens is 1. The Balaban J connectivity index is 2.26. The summed E-state index contributed by atoms with van der Waals surface area (Å²) in [7, 11) is 1.49. The molecule has 0 aliphatic heterocycles. The zero-order valence-electron chi connectivity index (χ0n) is 14.1. The van der Waals surface area contributed by atoms with Gasteiger partial charge in [-0.05, 0) is 24.5 Å². The van der Waals surface area contributed by atoms with Crippen molar-refractivity contribution < 1.29 is 39.9 Å². The van der Waals surface area contributed by atoms with Crippen LogP contribution in [0.25, 0.3) is 10.9 Å². The number of nitrogens with zero attached hydrogens (tertiary/aromatic N) is 1. The smallest absolute Gasteiger partial charge is 0.365 e. The molecule has 0 fully saturated rings. The number of thioether (sulfide) groups is 1. The number of rotatable bonds is 8. The second-order valence-corrected chi connectivity index (χ2v) is 6.56. The molecule has 0 aliphatic carbocycles. The van der Waals surface area contributed by atoms with Crippen LogP contribution in [0.15, 0.2) is 30.5 Å². The maximum absolute atomic E-state index is 12.3. The van der Waals surface area contributed by atoms with Crippen LogP contribution in [0.3, 0.4) is 0 Å². The van der Waals surface area contributed by atoms with Crippen molar-refractivity contribution in [3.05, 3.63) is 30.5 Å². The van der Waals surface area contributed by atoms with Crippen molar-refractivity contribution in [3.63, 3.8) is 0 Å². The number of methoxy groups -OCH3 is 1. The summed E-state index contributed by atoms with van der Waals surface area (Å²) >= 11 is 0.537. The highest BCUT2D eigenvalue weighted by Crippen LogP contribution is 2.31. The number of aliphatic hydroxyl groups is 5. The average molecular weight is 387 g/mol. The van der Waals surface area contributed by atoms with Crippen molar-refractivity contribution in [1.82, 2.24) is 4.73 Å². The molecule has 4 atom stereocenters. The maximum Gasteiger partial charge on any atom is 0.365 e. The predicted molar refractivity (Wildman–Crippen MR) is 93.6 cm³/mol. The first-order chi connectivity index (χ1) is 12.3. The van der Waals surface area contributed by atoms with Crippen molar-refractivity contribution in [3.8, 4) is 5.75 Å². The lowest BCUT2D eigenvalue weighted by Gasteiger charge is -2.35. The van der Waals surface area contributed by atoms with Crippen LogP contribution in [0.4, 0.5) is 0 Å². The molecule has 9 nitrogen and oxygen atoms in total. The fourth-order valence-corrected chi connectivity index (χ4v) is 3.18. The molecule has 0 spiro atoms. The quantitative estimate of drug-likeness (QED) is 0.351. The van der Waals surface area contributed by atoms with E-state index in [1.165, 1.54) is 19.6 Å². The summed E-state index contributed by atoms with van der Waals surface area (Å²) < 4.78 is 6.29. The molecule has 2 rings (SSSR count). The van der Waals surface area contributed by atoms with Crippen molar-refractivity contribution in [2.75, 3.05) is 20.0 Å². The first kappa shape index (κ1) is 20.5. The van der Waals surface area contributed by atoms with E-state index >= 15 is 0 Å². The van der Waals surface area contributed by atoms with E-state index in [4.69, 9.17) is 14.7 Å². The van der Waals surface area contributed by atoms with Crippen LogP contribution in [0.5, 0.6) is 5.75 Å². The molecule has 0 radical (unpaired) electrons. The fourth-order valence-electron chi connectivity index (χ4n) is 2.46. The predicted octanol–water partition coefficient (Wildman–Crippen LogP) is -1.27. The second kappa shape index (κ2) is 8.25. The summed E-state index contributed by atoms with van der Waals surface area (Å²) in [6, 6.07) is 6.70. The summed E-state index contributed by atoms with van der Waals surface area (Å²) in [5, 5.41) is 49.7. The second-order valence-electron chi connectivity index (χ2n) is 5.50. The Labute approximate surface area is 153 Å². The number of ether oxygens (including phenoxy) is 1. The molecule has 0 amide bonds. The minimum absolute atomic E-state index is 0.480. The first-order valence-corrected chi connectivity index (χ1v) is 8.81. The Morgan fingerprint density at radius 3 is 2.58 bits per heavy atom. The van der Waals surface area contributed by atoms with Gasteiger partial charge in [0.15, 0.2) is 11.0 Å². The molecule has 2 aromatic rings. The van der Waals surface area contributed by atoms with Crippen molar-refractivity contribution in [2.45, 2.75) is 23.2 Å². The molecule has 1 aromatic carbocycles. The fraction of sp³-hybridized carbons (Fsp3) is 0.438. The van der Waals surface area contributed by atoms with E-state index in [1.54, 1.807) is 24.3 Å². The van der Waals surface area contributed by atoms with Crippen LogP contribution >= 0.6 is 11.8 Å². The van der Waals surface area contributed by atoms with Crippen LogP contribution in [0, 0.1) is 0 Å². The third-order valence-electron chi connectivity index (χ3n) is 3.98. The minimum atomic E-state index is -2.49. The Bertz CT molecular complexity index is 766. The van der Waals surface area contributed by atoms with Crippen LogP contribution in [-0.2, 0) is 4.79 Å². The van der Waals surface area contributed by atoms with E-state index in [0.717, 1.165) is 4.73 Å². The van der Waals surface area contributed by atoms with Gasteiger partial charge in [-0.1, -0.05) is 6.07 Å². The molecule has 0 saturated heterocycles. The number of aliphatic hydroxyl groups excluding tert-OH is 4. The van der Waals surface area contributed by atoms with Crippen molar-refractivity contribution >= 4 is 28.6 Å². The average Bonchev–Trinajstić information content (AvgIpc) is 3.08. The van der Waals surface area contributed by atoms with Gasteiger partial charge in [0, 0.05) is 11.6 Å². The van der Waals surface area contributed by atoms with Gasteiger partial charge < -0.3 is 35.1 Å². The lowest BCUT2D eigenvalue weighted by atomic mass is 10.0. The van der Waals surface area contributed by atoms with Gasteiger partial charge in [-0.25, -0.2) is 4.79 Å². The first-order valence-electron chi connectivity index (χ1n) is 7.59. The largest absolute Gasteiger partial charge is 0.496 e. The highest BCUT2D eigenvalue weighted by Gasteiger charge is 2.50. The van der Waals surface area contributed by atoms with Crippen LogP contribution < -0.4 is 9.57 Å². The molecule has 0 aliphatic rings. The monoisotopic (exact) mass is 387 g/mol. The van der Waals surface area contributed by atoms with E-state index in [1.807, 2.05) is 0 Å². The van der Waals surface area contributed by atoms with Gasteiger partial charge in [0.1, 0.15) is 18.0 Å². The SMILES string of the molecule is COc1cccc2c1ccn2OC(=O)C(O)C(O)(SC)C(O)C(O)CO. The van der Waals surface area contributed by atoms with Crippen LogP contribution in [0.2, 0.25) is 0 Å². The molecule has 1 aromatic heterocycles. The molecule has 5 N–H and O–H groups in total. The number of hydrogen-bond acceptors (Lipinski definition) is 9. The third-order valence-corrected chi connectivity index (χ3v) is 5.10. The van der Waals surface area contributed by atoms with Crippen LogP contribution in [0.1, 0.15) is 0 Å². The molecule has 10 heteroatoms. The lowest BCUT2D eigenvalue weighted by Crippen LogP contribution is -2.58. The van der Waals surface area contributed by atoms with E-state index in [-0.39, 0.29) is 0 Å². The zero-order chi connectivity index (χ0) is 19.5. The minimum Gasteiger partial charge on any atom is -0.496 e. The summed E-state index contributed by atoms with van der Waals surface area (Å²) in [4.78, 5) is 14.9. The van der Waals surface area contributed by atoms with Gasteiger partial charge >= 0.3 is 5.97 Å². The van der Waals surface area contributed by atoms with Crippen LogP contribution in [-0.4, -0.2) is 79.4 Å². The Kier molecular flexibility index (Phi) is 6.50. The van der Waals surface area contributed by atoms with Gasteiger partial charge in [0.2, 0.25) is 0 Å². The molecular weight excluding hydrogens is 366 g/mol. The number of fused-ring (bicyclic) bond motifs is 1.